The first-order valence-electron chi connectivity index (χ1n) is 12.1. The number of carbonyl (C=O) groups is 2. The number of amides is 1. The van der Waals surface area contributed by atoms with Gasteiger partial charge in [-0.3, -0.25) is 9.59 Å². The molecule has 3 aromatic rings. The van der Waals surface area contributed by atoms with Crippen LogP contribution in [-0.4, -0.2) is 42.0 Å². The SMILES string of the molecule is COc1ccc(CN2C(=O)C(=O)/C(=C(/O)c3ccc(OC)cc3C)C2c2cccc(OC(C)C)c2)cc1. The van der Waals surface area contributed by atoms with Gasteiger partial charge in [-0.25, -0.2) is 0 Å². The average molecular weight is 502 g/mol. The van der Waals surface area contributed by atoms with Crippen molar-refractivity contribution >= 4 is 17.4 Å². The van der Waals surface area contributed by atoms with Crippen LogP contribution in [0.2, 0.25) is 0 Å². The molecule has 0 bridgehead atoms. The molecule has 7 nitrogen and oxygen atoms in total. The van der Waals surface area contributed by atoms with Gasteiger partial charge < -0.3 is 24.2 Å². The standard InChI is InChI=1S/C30H31NO6/c1-18(2)37-24-8-6-7-21(16-24)27-26(28(32)25-14-13-23(36-5)15-19(25)3)29(33)30(34)31(27)17-20-9-11-22(35-4)12-10-20/h6-16,18,27,32H,17H2,1-5H3/b28-26+. The molecule has 1 saturated heterocycles. The van der Waals surface area contributed by atoms with Gasteiger partial charge in [0.05, 0.1) is 31.9 Å². The Balaban J connectivity index is 1.85. The summed E-state index contributed by atoms with van der Waals surface area (Å²) in [4.78, 5) is 28.3. The van der Waals surface area contributed by atoms with Gasteiger partial charge in [0.15, 0.2) is 0 Å². The lowest BCUT2D eigenvalue weighted by Gasteiger charge is -2.26. The first-order valence-corrected chi connectivity index (χ1v) is 12.1. The third-order valence-corrected chi connectivity index (χ3v) is 6.29. The van der Waals surface area contributed by atoms with E-state index >= 15 is 0 Å². The van der Waals surface area contributed by atoms with Crippen molar-refractivity contribution in [2.24, 2.45) is 0 Å². The lowest BCUT2D eigenvalue weighted by molar-refractivity contribution is -0.140. The molecule has 0 aliphatic carbocycles. The number of rotatable bonds is 8. The van der Waals surface area contributed by atoms with Crippen LogP contribution in [0.3, 0.4) is 0 Å². The van der Waals surface area contributed by atoms with Crippen LogP contribution in [0.1, 0.15) is 42.1 Å². The van der Waals surface area contributed by atoms with E-state index in [-0.39, 0.29) is 24.0 Å². The lowest BCUT2D eigenvalue weighted by atomic mass is 9.93. The predicted molar refractivity (Wildman–Crippen MR) is 141 cm³/mol. The minimum atomic E-state index is -0.806. The third kappa shape index (κ3) is 5.31. The van der Waals surface area contributed by atoms with Crippen LogP contribution in [-0.2, 0) is 16.1 Å². The fourth-order valence-electron chi connectivity index (χ4n) is 4.52. The summed E-state index contributed by atoms with van der Waals surface area (Å²) in [5.41, 5.74) is 2.70. The number of carbonyl (C=O) groups excluding carboxylic acids is 2. The number of likely N-dealkylation sites (tertiary alicyclic amines) is 1. The van der Waals surface area contributed by atoms with Crippen LogP contribution >= 0.6 is 0 Å². The highest BCUT2D eigenvalue weighted by molar-refractivity contribution is 6.46. The maximum absolute atomic E-state index is 13.4. The molecule has 0 aromatic heterocycles. The zero-order valence-corrected chi connectivity index (χ0v) is 21.6. The van der Waals surface area contributed by atoms with Gasteiger partial charge in [-0.1, -0.05) is 24.3 Å². The van der Waals surface area contributed by atoms with Gasteiger partial charge >= 0.3 is 0 Å². The number of hydrogen-bond donors (Lipinski definition) is 1. The molecule has 1 N–H and O–H groups in total. The summed E-state index contributed by atoms with van der Waals surface area (Å²) in [6.45, 7) is 5.84. The fourth-order valence-corrected chi connectivity index (χ4v) is 4.52. The molecule has 1 fully saturated rings. The second kappa shape index (κ2) is 10.8. The van der Waals surface area contributed by atoms with Gasteiger partial charge in [0.2, 0.25) is 0 Å². The predicted octanol–water partition coefficient (Wildman–Crippen LogP) is 5.42. The number of nitrogens with zero attached hydrogens (tertiary/aromatic N) is 1. The Bertz CT molecular complexity index is 1340. The van der Waals surface area contributed by atoms with Crippen LogP contribution in [0.5, 0.6) is 17.2 Å². The first-order chi connectivity index (χ1) is 17.7. The normalized spacial score (nSPS) is 16.8. The molecule has 192 valence electrons. The lowest BCUT2D eigenvalue weighted by Crippen LogP contribution is -2.29. The summed E-state index contributed by atoms with van der Waals surface area (Å²) in [7, 11) is 3.14. The van der Waals surface area contributed by atoms with Crippen molar-refractivity contribution in [3.8, 4) is 17.2 Å². The van der Waals surface area contributed by atoms with Gasteiger partial charge in [0.25, 0.3) is 11.7 Å². The third-order valence-electron chi connectivity index (χ3n) is 6.29. The Morgan fingerprint density at radius 2 is 1.59 bits per heavy atom. The highest BCUT2D eigenvalue weighted by Crippen LogP contribution is 2.42. The van der Waals surface area contributed by atoms with Crippen molar-refractivity contribution in [3.05, 3.63) is 94.6 Å². The van der Waals surface area contributed by atoms with E-state index in [2.05, 4.69) is 0 Å². The highest BCUT2D eigenvalue weighted by atomic mass is 16.5. The Morgan fingerprint density at radius 1 is 0.919 bits per heavy atom. The molecule has 37 heavy (non-hydrogen) atoms. The van der Waals surface area contributed by atoms with Gasteiger partial charge in [-0.15, -0.1) is 0 Å². The number of ether oxygens (including phenoxy) is 3. The van der Waals surface area contributed by atoms with Crippen LogP contribution in [0.25, 0.3) is 5.76 Å². The first kappa shape index (κ1) is 25.8. The quantitative estimate of drug-likeness (QED) is 0.252. The summed E-state index contributed by atoms with van der Waals surface area (Å²) in [5, 5.41) is 11.4. The second-order valence-electron chi connectivity index (χ2n) is 9.20. The van der Waals surface area contributed by atoms with Crippen LogP contribution in [0, 0.1) is 6.92 Å². The Labute approximate surface area is 216 Å². The number of aryl methyl sites for hydroxylation is 1. The molecular weight excluding hydrogens is 470 g/mol. The molecule has 0 spiro atoms. The Morgan fingerprint density at radius 3 is 2.22 bits per heavy atom. The molecule has 1 aliphatic heterocycles. The second-order valence-corrected chi connectivity index (χ2v) is 9.20. The van der Waals surface area contributed by atoms with Crippen molar-refractivity contribution in [2.45, 2.75) is 39.5 Å². The van der Waals surface area contributed by atoms with Gasteiger partial charge in [0, 0.05) is 12.1 Å². The smallest absolute Gasteiger partial charge is 0.295 e. The number of benzene rings is 3. The topological polar surface area (TPSA) is 85.3 Å². The number of methoxy groups -OCH3 is 2. The molecule has 7 heteroatoms. The van der Waals surface area contributed by atoms with E-state index in [9.17, 15) is 14.7 Å². The van der Waals surface area contributed by atoms with E-state index in [4.69, 9.17) is 14.2 Å². The van der Waals surface area contributed by atoms with Crippen molar-refractivity contribution in [1.82, 2.24) is 4.90 Å². The zero-order chi connectivity index (χ0) is 26.7. The summed E-state index contributed by atoms with van der Waals surface area (Å²) in [6, 6.07) is 19.0. The number of ketones is 1. The summed E-state index contributed by atoms with van der Waals surface area (Å²) in [6.07, 6.45) is -0.0529. The number of Topliss-reactive ketones (excluding diaryl/α,β-unsaturated/α-hetero) is 1. The minimum Gasteiger partial charge on any atom is -0.507 e. The molecule has 1 unspecified atom stereocenters. The van der Waals surface area contributed by atoms with E-state index in [0.29, 0.717) is 33.9 Å². The van der Waals surface area contributed by atoms with Crippen LogP contribution < -0.4 is 14.2 Å². The molecule has 1 atom stereocenters. The van der Waals surface area contributed by atoms with E-state index in [1.807, 2.05) is 57.2 Å². The van der Waals surface area contributed by atoms with E-state index < -0.39 is 17.7 Å². The molecular formula is C30H31NO6. The van der Waals surface area contributed by atoms with Gasteiger partial charge in [0.1, 0.15) is 23.0 Å². The number of aliphatic hydroxyl groups is 1. The molecule has 0 saturated carbocycles. The maximum Gasteiger partial charge on any atom is 0.295 e. The van der Waals surface area contributed by atoms with Crippen LogP contribution in [0.15, 0.2) is 72.3 Å². The molecule has 1 amide bonds. The zero-order valence-electron chi connectivity index (χ0n) is 21.6. The van der Waals surface area contributed by atoms with Crippen molar-refractivity contribution < 1.29 is 28.9 Å². The number of hydrogen-bond acceptors (Lipinski definition) is 6. The maximum atomic E-state index is 13.4. The summed E-state index contributed by atoms with van der Waals surface area (Å²) >= 11 is 0. The van der Waals surface area contributed by atoms with Crippen molar-refractivity contribution in [2.75, 3.05) is 14.2 Å². The van der Waals surface area contributed by atoms with Crippen molar-refractivity contribution in [1.29, 1.82) is 0 Å². The fraction of sp³-hybridized carbons (Fsp3) is 0.267. The molecule has 4 rings (SSSR count). The van der Waals surface area contributed by atoms with E-state index in [1.54, 1.807) is 44.6 Å². The van der Waals surface area contributed by atoms with E-state index in [1.165, 1.54) is 4.90 Å². The van der Waals surface area contributed by atoms with Gasteiger partial charge in [-0.05, 0) is 79.9 Å². The summed E-state index contributed by atoms with van der Waals surface area (Å²) in [5.74, 6) is 0.296. The highest BCUT2D eigenvalue weighted by Gasteiger charge is 2.46. The molecule has 3 aromatic carbocycles. The monoisotopic (exact) mass is 501 g/mol. The molecule has 1 heterocycles. The van der Waals surface area contributed by atoms with Crippen LogP contribution in [0.4, 0.5) is 0 Å². The van der Waals surface area contributed by atoms with Crippen molar-refractivity contribution in [3.63, 3.8) is 0 Å². The van der Waals surface area contributed by atoms with Gasteiger partial charge in [-0.2, -0.15) is 0 Å². The number of aliphatic hydroxyl groups excluding tert-OH is 1. The molecule has 1 aliphatic rings. The summed E-state index contributed by atoms with van der Waals surface area (Å²) < 4.78 is 16.4. The largest absolute Gasteiger partial charge is 0.507 e. The van der Waals surface area contributed by atoms with E-state index in [0.717, 1.165) is 5.56 Å². The Hall–Kier alpha value is -4.26. The molecule has 0 radical (unpaired) electrons. The minimum absolute atomic E-state index is 0.0356. The average Bonchev–Trinajstić information content (AvgIpc) is 3.13. The Kier molecular flexibility index (Phi) is 7.53.